The Balaban J connectivity index is 1.64. The van der Waals surface area contributed by atoms with Gasteiger partial charge in [0.15, 0.2) is 22.5 Å². The van der Waals surface area contributed by atoms with Crippen molar-refractivity contribution in [3.8, 4) is 17.1 Å². The van der Waals surface area contributed by atoms with E-state index in [9.17, 15) is 4.39 Å². The normalized spacial score (nSPS) is 19.3. The third kappa shape index (κ3) is 4.29. The Hall–Kier alpha value is -2.41. The Labute approximate surface area is 174 Å². The summed E-state index contributed by atoms with van der Waals surface area (Å²) < 4.78 is 21.3. The molecule has 2 heterocycles. The molecule has 1 aromatic carbocycles. The lowest BCUT2D eigenvalue weighted by Crippen LogP contribution is -2.22. The van der Waals surface area contributed by atoms with Crippen molar-refractivity contribution in [2.45, 2.75) is 49.6 Å². The molecule has 2 unspecified atom stereocenters. The summed E-state index contributed by atoms with van der Waals surface area (Å²) >= 11 is 1.59. The van der Waals surface area contributed by atoms with Crippen LogP contribution >= 0.6 is 11.8 Å². The van der Waals surface area contributed by atoms with Crippen LogP contribution in [0.1, 0.15) is 44.2 Å². The first-order valence-corrected chi connectivity index (χ1v) is 11.0. The number of halogens is 1. The van der Waals surface area contributed by atoms with E-state index in [0.717, 1.165) is 28.5 Å². The van der Waals surface area contributed by atoms with Gasteiger partial charge in [0, 0.05) is 29.8 Å². The maximum atomic E-state index is 14.0. The molecule has 0 spiro atoms. The molecule has 1 fully saturated rings. The van der Waals surface area contributed by atoms with E-state index in [1.54, 1.807) is 24.0 Å². The fourth-order valence-corrected chi connectivity index (χ4v) is 4.93. The molecular weight excluding hydrogens is 387 g/mol. The van der Waals surface area contributed by atoms with Crippen molar-refractivity contribution in [2.24, 2.45) is 5.92 Å². The minimum absolute atomic E-state index is 0.261. The van der Waals surface area contributed by atoms with Crippen molar-refractivity contribution >= 4 is 11.8 Å². The Kier molecular flexibility index (Phi) is 6.13. The standard InChI is InChI=1S/C22H25FN4OS/c1-15-6-3-4-8-19(15)27-21(17-7-5-11-24-13-17)25-26-22(27)29-14-16-9-10-20(28-2)18(23)12-16/h5,7,9-13,15,19H,3-4,6,8,14H2,1-2H3. The molecule has 0 N–H and O–H groups in total. The van der Waals surface area contributed by atoms with Gasteiger partial charge in [0.1, 0.15) is 0 Å². The van der Waals surface area contributed by atoms with Crippen LogP contribution in [0.4, 0.5) is 4.39 Å². The second kappa shape index (κ2) is 8.95. The number of aromatic nitrogens is 4. The van der Waals surface area contributed by atoms with E-state index >= 15 is 0 Å². The topological polar surface area (TPSA) is 52.8 Å². The average Bonchev–Trinajstić information content (AvgIpc) is 3.17. The number of rotatable bonds is 6. The van der Waals surface area contributed by atoms with Crippen LogP contribution in [-0.4, -0.2) is 26.9 Å². The zero-order valence-corrected chi connectivity index (χ0v) is 17.5. The van der Waals surface area contributed by atoms with Crippen LogP contribution in [0.2, 0.25) is 0 Å². The molecule has 4 rings (SSSR count). The van der Waals surface area contributed by atoms with E-state index in [1.807, 2.05) is 24.4 Å². The highest BCUT2D eigenvalue weighted by molar-refractivity contribution is 7.98. The smallest absolute Gasteiger partial charge is 0.192 e. The van der Waals surface area contributed by atoms with Gasteiger partial charge in [-0.2, -0.15) is 0 Å². The van der Waals surface area contributed by atoms with Gasteiger partial charge in [-0.3, -0.25) is 9.55 Å². The summed E-state index contributed by atoms with van der Waals surface area (Å²) in [5.74, 6) is 1.96. The third-order valence-corrected chi connectivity index (χ3v) is 6.58. The van der Waals surface area contributed by atoms with E-state index in [-0.39, 0.29) is 11.6 Å². The van der Waals surface area contributed by atoms with E-state index in [4.69, 9.17) is 4.74 Å². The van der Waals surface area contributed by atoms with E-state index in [2.05, 4.69) is 26.7 Å². The molecule has 2 aromatic heterocycles. The lowest BCUT2D eigenvalue weighted by atomic mass is 9.85. The Morgan fingerprint density at radius 1 is 1.21 bits per heavy atom. The average molecular weight is 413 g/mol. The number of ether oxygens (including phenoxy) is 1. The summed E-state index contributed by atoms with van der Waals surface area (Å²) in [4.78, 5) is 4.25. The second-order valence-corrected chi connectivity index (χ2v) is 8.45. The predicted octanol–water partition coefficient (Wildman–Crippen LogP) is 5.53. The van der Waals surface area contributed by atoms with Gasteiger partial charge in [0.2, 0.25) is 0 Å². The molecule has 0 saturated heterocycles. The first kappa shape index (κ1) is 19.9. The van der Waals surface area contributed by atoms with Gasteiger partial charge in [-0.05, 0) is 48.6 Å². The number of benzene rings is 1. The molecule has 0 amide bonds. The molecule has 0 bridgehead atoms. The SMILES string of the molecule is COc1ccc(CSc2nnc(-c3cccnc3)n2C2CCCCC2C)cc1F. The van der Waals surface area contributed by atoms with E-state index < -0.39 is 0 Å². The summed E-state index contributed by atoms with van der Waals surface area (Å²) in [5, 5.41) is 9.89. The fraction of sp³-hybridized carbons (Fsp3) is 0.409. The summed E-state index contributed by atoms with van der Waals surface area (Å²) in [7, 11) is 1.47. The van der Waals surface area contributed by atoms with Crippen LogP contribution in [0.3, 0.4) is 0 Å². The number of thioether (sulfide) groups is 1. The summed E-state index contributed by atoms with van der Waals surface area (Å²) in [6, 6.07) is 9.39. The van der Waals surface area contributed by atoms with Gasteiger partial charge in [0.25, 0.3) is 0 Å². The van der Waals surface area contributed by atoms with Crippen LogP contribution in [0, 0.1) is 11.7 Å². The Morgan fingerprint density at radius 3 is 2.79 bits per heavy atom. The molecule has 29 heavy (non-hydrogen) atoms. The lowest BCUT2D eigenvalue weighted by molar-refractivity contribution is 0.247. The molecule has 0 aliphatic heterocycles. The molecule has 1 aliphatic carbocycles. The van der Waals surface area contributed by atoms with Gasteiger partial charge in [-0.15, -0.1) is 10.2 Å². The minimum atomic E-state index is -0.344. The molecular formula is C22H25FN4OS. The predicted molar refractivity (Wildman–Crippen MR) is 112 cm³/mol. The maximum Gasteiger partial charge on any atom is 0.192 e. The molecule has 5 nitrogen and oxygen atoms in total. The maximum absolute atomic E-state index is 14.0. The van der Waals surface area contributed by atoms with Crippen LogP contribution in [0.5, 0.6) is 5.75 Å². The van der Waals surface area contributed by atoms with Gasteiger partial charge in [-0.1, -0.05) is 37.6 Å². The van der Waals surface area contributed by atoms with E-state index in [0.29, 0.717) is 17.7 Å². The summed E-state index contributed by atoms with van der Waals surface area (Å²) in [6.07, 6.45) is 8.42. The van der Waals surface area contributed by atoms with Crippen LogP contribution in [-0.2, 0) is 5.75 Å². The van der Waals surface area contributed by atoms with Crippen molar-refractivity contribution in [1.82, 2.24) is 19.7 Å². The van der Waals surface area contributed by atoms with Crippen molar-refractivity contribution in [2.75, 3.05) is 7.11 Å². The van der Waals surface area contributed by atoms with Gasteiger partial charge in [-0.25, -0.2) is 4.39 Å². The largest absolute Gasteiger partial charge is 0.494 e. The Morgan fingerprint density at radius 2 is 2.07 bits per heavy atom. The summed E-state index contributed by atoms with van der Waals surface area (Å²) in [5.41, 5.74) is 1.86. The Bertz CT molecular complexity index is 963. The molecule has 3 aromatic rings. The first-order valence-electron chi connectivity index (χ1n) is 9.98. The number of hydrogen-bond donors (Lipinski definition) is 0. The van der Waals surface area contributed by atoms with Crippen LogP contribution in [0.15, 0.2) is 47.9 Å². The highest BCUT2D eigenvalue weighted by Crippen LogP contribution is 2.39. The zero-order chi connectivity index (χ0) is 20.2. The third-order valence-electron chi connectivity index (χ3n) is 5.57. The van der Waals surface area contributed by atoms with Gasteiger partial charge in [0.05, 0.1) is 7.11 Å². The monoisotopic (exact) mass is 412 g/mol. The second-order valence-electron chi connectivity index (χ2n) is 7.50. The number of pyridine rings is 1. The molecule has 1 aliphatic rings. The highest BCUT2D eigenvalue weighted by atomic mass is 32.2. The van der Waals surface area contributed by atoms with E-state index in [1.165, 1.54) is 32.4 Å². The minimum Gasteiger partial charge on any atom is -0.494 e. The highest BCUT2D eigenvalue weighted by Gasteiger charge is 2.28. The molecule has 2 atom stereocenters. The van der Waals surface area contributed by atoms with Crippen molar-refractivity contribution in [3.05, 3.63) is 54.1 Å². The van der Waals surface area contributed by atoms with Crippen molar-refractivity contribution < 1.29 is 9.13 Å². The fourth-order valence-electron chi connectivity index (χ4n) is 3.99. The number of nitrogens with zero attached hydrogens (tertiary/aromatic N) is 4. The molecule has 7 heteroatoms. The quantitative estimate of drug-likeness (QED) is 0.498. The zero-order valence-electron chi connectivity index (χ0n) is 16.7. The molecule has 152 valence electrons. The van der Waals surface area contributed by atoms with Gasteiger partial charge >= 0.3 is 0 Å². The van der Waals surface area contributed by atoms with Gasteiger partial charge < -0.3 is 4.74 Å². The summed E-state index contributed by atoms with van der Waals surface area (Å²) in [6.45, 7) is 2.31. The number of hydrogen-bond acceptors (Lipinski definition) is 5. The van der Waals surface area contributed by atoms with Crippen LogP contribution in [0.25, 0.3) is 11.4 Å². The van der Waals surface area contributed by atoms with Crippen molar-refractivity contribution in [1.29, 1.82) is 0 Å². The first-order chi connectivity index (χ1) is 14.2. The molecule has 1 saturated carbocycles. The molecule has 0 radical (unpaired) electrons. The number of methoxy groups -OCH3 is 1. The lowest BCUT2D eigenvalue weighted by Gasteiger charge is -2.31. The van der Waals surface area contributed by atoms with Crippen molar-refractivity contribution in [3.63, 3.8) is 0 Å². The van der Waals surface area contributed by atoms with Crippen LogP contribution < -0.4 is 4.74 Å².